The normalized spacial score (nSPS) is 17.8. The van der Waals surface area contributed by atoms with Crippen LogP contribution in [0.4, 0.5) is 5.88 Å². The fraction of sp³-hybridized carbons (Fsp3) is 0.286. The molecule has 1 saturated heterocycles. The highest BCUT2D eigenvalue weighted by Gasteiger charge is 2.24. The standard InChI is InChI=1S/C7H7NO3/c9-6-3-5-11-8(6)7-2-1-4-10-7/h1-2,4H,3,5H2. The molecule has 0 radical (unpaired) electrons. The summed E-state index contributed by atoms with van der Waals surface area (Å²) in [6.45, 7) is 0.444. The van der Waals surface area contributed by atoms with Crippen LogP contribution in [-0.2, 0) is 9.63 Å². The summed E-state index contributed by atoms with van der Waals surface area (Å²) in [5.74, 6) is 0.396. The van der Waals surface area contributed by atoms with Crippen LogP contribution >= 0.6 is 0 Å². The van der Waals surface area contributed by atoms with Crippen molar-refractivity contribution < 1.29 is 14.0 Å². The van der Waals surface area contributed by atoms with Gasteiger partial charge in [-0.15, -0.1) is 0 Å². The van der Waals surface area contributed by atoms with E-state index in [4.69, 9.17) is 9.25 Å². The van der Waals surface area contributed by atoms with E-state index in [0.29, 0.717) is 18.9 Å². The molecular weight excluding hydrogens is 146 g/mol. The predicted molar refractivity (Wildman–Crippen MR) is 36.8 cm³/mol. The number of hydrogen-bond donors (Lipinski definition) is 0. The number of hydrogen-bond acceptors (Lipinski definition) is 3. The summed E-state index contributed by atoms with van der Waals surface area (Å²) in [5.41, 5.74) is 0. The van der Waals surface area contributed by atoms with Crippen LogP contribution in [0.3, 0.4) is 0 Å². The first-order valence-corrected chi connectivity index (χ1v) is 3.37. The van der Waals surface area contributed by atoms with Gasteiger partial charge in [-0.05, 0) is 6.07 Å². The number of rotatable bonds is 1. The summed E-state index contributed by atoms with van der Waals surface area (Å²) in [7, 11) is 0. The van der Waals surface area contributed by atoms with Crippen LogP contribution in [0.15, 0.2) is 22.8 Å². The number of carbonyl (C=O) groups excluding carboxylic acids is 1. The minimum Gasteiger partial charge on any atom is -0.446 e. The Labute approximate surface area is 63.3 Å². The van der Waals surface area contributed by atoms with Crippen molar-refractivity contribution in [3.8, 4) is 0 Å². The van der Waals surface area contributed by atoms with Gasteiger partial charge in [-0.25, -0.2) is 0 Å². The monoisotopic (exact) mass is 153 g/mol. The molecule has 0 atom stereocenters. The maximum absolute atomic E-state index is 11.0. The van der Waals surface area contributed by atoms with Crippen LogP contribution in [-0.4, -0.2) is 12.5 Å². The molecular formula is C7H7NO3. The lowest BCUT2D eigenvalue weighted by Crippen LogP contribution is -2.21. The van der Waals surface area contributed by atoms with E-state index in [-0.39, 0.29) is 5.91 Å². The third-order valence-corrected chi connectivity index (χ3v) is 1.47. The zero-order valence-electron chi connectivity index (χ0n) is 5.82. The minimum atomic E-state index is -0.0556. The first kappa shape index (κ1) is 6.42. The van der Waals surface area contributed by atoms with Gasteiger partial charge in [0.05, 0.1) is 19.3 Å². The number of anilines is 1. The average molecular weight is 153 g/mol. The zero-order valence-corrected chi connectivity index (χ0v) is 5.82. The Hall–Kier alpha value is -1.29. The highest BCUT2D eigenvalue weighted by molar-refractivity contribution is 5.91. The fourth-order valence-corrected chi connectivity index (χ4v) is 0.970. The Morgan fingerprint density at radius 1 is 1.55 bits per heavy atom. The van der Waals surface area contributed by atoms with Crippen molar-refractivity contribution in [1.82, 2.24) is 0 Å². The van der Waals surface area contributed by atoms with E-state index in [1.54, 1.807) is 12.1 Å². The lowest BCUT2D eigenvalue weighted by atomic mass is 10.4. The van der Waals surface area contributed by atoms with Crippen LogP contribution in [0.25, 0.3) is 0 Å². The van der Waals surface area contributed by atoms with Crippen LogP contribution in [0.1, 0.15) is 6.42 Å². The minimum absolute atomic E-state index is 0.0556. The molecule has 1 aromatic rings. The predicted octanol–water partition coefficient (Wildman–Crippen LogP) is 0.948. The fourth-order valence-electron chi connectivity index (χ4n) is 0.970. The Kier molecular flexibility index (Phi) is 1.40. The van der Waals surface area contributed by atoms with E-state index in [0.717, 1.165) is 0 Å². The Morgan fingerprint density at radius 3 is 3.00 bits per heavy atom. The molecule has 0 aliphatic carbocycles. The van der Waals surface area contributed by atoms with Crippen molar-refractivity contribution in [3.05, 3.63) is 18.4 Å². The van der Waals surface area contributed by atoms with Crippen molar-refractivity contribution >= 4 is 11.8 Å². The highest BCUT2D eigenvalue weighted by Crippen LogP contribution is 2.19. The Bertz CT molecular complexity index is 255. The molecule has 0 unspecified atom stereocenters. The van der Waals surface area contributed by atoms with Gasteiger partial charge >= 0.3 is 0 Å². The molecule has 0 aromatic carbocycles. The van der Waals surface area contributed by atoms with Gasteiger partial charge in [0, 0.05) is 6.07 Å². The van der Waals surface area contributed by atoms with Gasteiger partial charge in [0.25, 0.3) is 5.91 Å². The molecule has 4 nitrogen and oxygen atoms in total. The van der Waals surface area contributed by atoms with E-state index >= 15 is 0 Å². The molecule has 1 aliphatic heterocycles. The lowest BCUT2D eigenvalue weighted by Gasteiger charge is -2.08. The van der Waals surface area contributed by atoms with Crippen LogP contribution < -0.4 is 5.06 Å². The highest BCUT2D eigenvalue weighted by atomic mass is 16.7. The quantitative estimate of drug-likeness (QED) is 0.603. The summed E-state index contributed by atoms with van der Waals surface area (Å²) >= 11 is 0. The molecule has 0 saturated carbocycles. The second-order valence-electron chi connectivity index (χ2n) is 2.22. The van der Waals surface area contributed by atoms with Crippen molar-refractivity contribution in [2.24, 2.45) is 0 Å². The van der Waals surface area contributed by atoms with Crippen molar-refractivity contribution in [3.63, 3.8) is 0 Å². The molecule has 4 heteroatoms. The van der Waals surface area contributed by atoms with Gasteiger partial charge in [-0.3, -0.25) is 9.63 Å². The van der Waals surface area contributed by atoms with Gasteiger partial charge in [0.15, 0.2) is 0 Å². The Morgan fingerprint density at radius 2 is 2.45 bits per heavy atom. The first-order chi connectivity index (χ1) is 5.38. The van der Waals surface area contributed by atoms with E-state index in [2.05, 4.69) is 0 Å². The molecule has 1 fully saturated rings. The Balaban J connectivity index is 2.23. The average Bonchev–Trinajstić information content (AvgIpc) is 2.55. The summed E-state index contributed by atoms with van der Waals surface area (Å²) in [6.07, 6.45) is 1.94. The van der Waals surface area contributed by atoms with Crippen LogP contribution in [0, 0.1) is 0 Å². The molecule has 0 spiro atoms. The van der Waals surface area contributed by atoms with Crippen LogP contribution in [0.2, 0.25) is 0 Å². The third-order valence-electron chi connectivity index (χ3n) is 1.47. The molecule has 2 rings (SSSR count). The van der Waals surface area contributed by atoms with E-state index in [1.165, 1.54) is 11.3 Å². The third kappa shape index (κ3) is 1.01. The molecule has 11 heavy (non-hydrogen) atoms. The molecule has 1 aromatic heterocycles. The van der Waals surface area contributed by atoms with Crippen molar-refractivity contribution in [2.75, 3.05) is 11.7 Å². The number of carbonyl (C=O) groups is 1. The van der Waals surface area contributed by atoms with Crippen molar-refractivity contribution in [1.29, 1.82) is 0 Å². The van der Waals surface area contributed by atoms with Gasteiger partial charge in [-0.1, -0.05) is 0 Å². The summed E-state index contributed by atoms with van der Waals surface area (Å²) in [6, 6.07) is 3.40. The van der Waals surface area contributed by atoms with Crippen LogP contribution in [0.5, 0.6) is 0 Å². The second-order valence-corrected chi connectivity index (χ2v) is 2.22. The molecule has 0 bridgehead atoms. The SMILES string of the molecule is O=C1CCON1c1ccco1. The smallest absolute Gasteiger partial charge is 0.256 e. The molecule has 1 amide bonds. The largest absolute Gasteiger partial charge is 0.446 e. The molecule has 2 heterocycles. The molecule has 58 valence electrons. The van der Waals surface area contributed by atoms with E-state index in [9.17, 15) is 4.79 Å². The van der Waals surface area contributed by atoms with Gasteiger partial charge in [-0.2, -0.15) is 5.06 Å². The van der Waals surface area contributed by atoms with E-state index < -0.39 is 0 Å². The summed E-state index contributed by atoms with van der Waals surface area (Å²) in [5, 5.41) is 1.18. The number of amides is 1. The topological polar surface area (TPSA) is 42.7 Å². The number of furan rings is 1. The molecule has 1 aliphatic rings. The number of hydroxylamine groups is 1. The number of nitrogens with zero attached hydrogens (tertiary/aromatic N) is 1. The zero-order chi connectivity index (χ0) is 7.68. The van der Waals surface area contributed by atoms with Gasteiger partial charge in [0.2, 0.25) is 5.88 Å². The van der Waals surface area contributed by atoms with Crippen molar-refractivity contribution in [2.45, 2.75) is 6.42 Å². The van der Waals surface area contributed by atoms with Gasteiger partial charge in [0.1, 0.15) is 0 Å². The first-order valence-electron chi connectivity index (χ1n) is 3.37. The summed E-state index contributed by atoms with van der Waals surface area (Å²) < 4.78 is 4.97. The van der Waals surface area contributed by atoms with Gasteiger partial charge < -0.3 is 4.42 Å². The van der Waals surface area contributed by atoms with E-state index in [1.807, 2.05) is 0 Å². The summed E-state index contributed by atoms with van der Waals surface area (Å²) in [4.78, 5) is 16.0. The maximum atomic E-state index is 11.0. The lowest BCUT2D eigenvalue weighted by molar-refractivity contribution is -0.119. The molecule has 0 N–H and O–H groups in total. The second kappa shape index (κ2) is 2.39. The maximum Gasteiger partial charge on any atom is 0.256 e.